The molecule has 2 unspecified atom stereocenters. The number of nitrogens with one attached hydrogen (secondary N) is 3. The number of nitrogens with zero attached hydrogens (tertiary/aromatic N) is 1. The Morgan fingerprint density at radius 2 is 1.97 bits per heavy atom. The summed E-state index contributed by atoms with van der Waals surface area (Å²) in [6.07, 6.45) is 1.92. The van der Waals surface area contributed by atoms with Crippen molar-refractivity contribution in [1.82, 2.24) is 16.3 Å². The van der Waals surface area contributed by atoms with Gasteiger partial charge >= 0.3 is 0 Å². The summed E-state index contributed by atoms with van der Waals surface area (Å²) in [7, 11) is 1.60. The number of amides is 1. The highest BCUT2D eigenvalue weighted by Crippen LogP contribution is 2.33. The summed E-state index contributed by atoms with van der Waals surface area (Å²) in [5.74, 6) is 1.07. The Balaban J connectivity index is 1.34. The van der Waals surface area contributed by atoms with E-state index in [0.29, 0.717) is 30.1 Å². The van der Waals surface area contributed by atoms with Crippen LogP contribution in [0.3, 0.4) is 0 Å². The number of halogens is 1. The lowest BCUT2D eigenvalue weighted by Crippen LogP contribution is -2.41. The third-order valence-corrected chi connectivity index (χ3v) is 5.91. The molecule has 4 rings (SSSR count). The van der Waals surface area contributed by atoms with Crippen molar-refractivity contribution in [3.05, 3.63) is 87.9 Å². The molecule has 0 radical (unpaired) electrons. The molecule has 176 valence electrons. The van der Waals surface area contributed by atoms with Gasteiger partial charge in [-0.1, -0.05) is 52.3 Å². The Hall–Kier alpha value is -3.40. The molecular weight excluding hydrogens is 500 g/mol. The van der Waals surface area contributed by atoms with Gasteiger partial charge < -0.3 is 14.6 Å². The number of ether oxygens (including phenoxy) is 2. The van der Waals surface area contributed by atoms with Crippen molar-refractivity contribution >= 4 is 28.1 Å². The lowest BCUT2D eigenvalue weighted by Gasteiger charge is -2.15. The number of phenols is 1. The van der Waals surface area contributed by atoms with Crippen LogP contribution < -0.4 is 25.8 Å². The molecule has 9 heteroatoms. The molecule has 0 aromatic heterocycles. The Morgan fingerprint density at radius 3 is 2.76 bits per heavy atom. The Labute approximate surface area is 206 Å². The average Bonchev–Trinajstić information content (AvgIpc) is 3.36. The molecule has 1 saturated heterocycles. The largest absolute Gasteiger partial charge is 0.507 e. The fourth-order valence-electron chi connectivity index (χ4n) is 3.57. The van der Waals surface area contributed by atoms with Crippen LogP contribution in [0.4, 0.5) is 0 Å². The molecule has 0 bridgehead atoms. The van der Waals surface area contributed by atoms with Gasteiger partial charge in [-0.25, -0.2) is 16.3 Å². The molecule has 3 aromatic carbocycles. The molecule has 0 saturated carbocycles. The van der Waals surface area contributed by atoms with Gasteiger partial charge in [-0.3, -0.25) is 4.79 Å². The van der Waals surface area contributed by atoms with Crippen molar-refractivity contribution in [2.75, 3.05) is 7.11 Å². The first-order chi connectivity index (χ1) is 16.5. The van der Waals surface area contributed by atoms with Gasteiger partial charge in [0.05, 0.1) is 13.3 Å². The topological polar surface area (TPSA) is 104 Å². The van der Waals surface area contributed by atoms with E-state index in [0.717, 1.165) is 15.6 Å². The second-order valence-electron chi connectivity index (χ2n) is 7.75. The van der Waals surface area contributed by atoms with Crippen LogP contribution in [0.2, 0.25) is 0 Å². The molecule has 2 atom stereocenters. The maximum atomic E-state index is 12.5. The maximum absolute atomic E-state index is 12.5. The van der Waals surface area contributed by atoms with E-state index >= 15 is 0 Å². The molecular formula is C25H25BrN4O4. The van der Waals surface area contributed by atoms with E-state index in [1.54, 1.807) is 25.3 Å². The highest BCUT2D eigenvalue weighted by atomic mass is 79.9. The first kappa shape index (κ1) is 23.7. The zero-order valence-electron chi connectivity index (χ0n) is 18.5. The summed E-state index contributed by atoms with van der Waals surface area (Å²) in [4.78, 5) is 12.5. The maximum Gasteiger partial charge on any atom is 0.258 e. The Kier molecular flexibility index (Phi) is 7.79. The summed E-state index contributed by atoms with van der Waals surface area (Å²) in [5.41, 5.74) is 11.2. The second kappa shape index (κ2) is 11.1. The minimum absolute atomic E-state index is 0.0760. The van der Waals surface area contributed by atoms with Crippen LogP contribution in [0.5, 0.6) is 17.2 Å². The predicted octanol–water partition coefficient (Wildman–Crippen LogP) is 3.80. The van der Waals surface area contributed by atoms with Crippen LogP contribution in [0.15, 0.2) is 76.3 Å². The minimum Gasteiger partial charge on any atom is -0.507 e. The van der Waals surface area contributed by atoms with Crippen molar-refractivity contribution in [3.8, 4) is 17.2 Å². The highest BCUT2D eigenvalue weighted by molar-refractivity contribution is 9.10. The lowest BCUT2D eigenvalue weighted by atomic mass is 10.0. The monoisotopic (exact) mass is 524 g/mol. The van der Waals surface area contributed by atoms with Crippen molar-refractivity contribution in [2.24, 2.45) is 5.10 Å². The number of carbonyl (C=O) groups is 1. The fourth-order valence-corrected chi connectivity index (χ4v) is 3.95. The SMILES string of the molecule is COc1cc(C2CC(C(=O)N/N=C/c3cc(Br)ccc3O)NN2)ccc1OCc1ccccc1. The number of hydrogen-bond donors (Lipinski definition) is 4. The van der Waals surface area contributed by atoms with E-state index in [4.69, 9.17) is 9.47 Å². The summed E-state index contributed by atoms with van der Waals surface area (Å²) in [6, 6.07) is 20.1. The van der Waals surface area contributed by atoms with Gasteiger partial charge in [-0.15, -0.1) is 0 Å². The Morgan fingerprint density at radius 1 is 1.15 bits per heavy atom. The average molecular weight is 525 g/mol. The summed E-state index contributed by atoms with van der Waals surface area (Å²) in [6.45, 7) is 0.445. The van der Waals surface area contributed by atoms with Crippen LogP contribution in [-0.4, -0.2) is 30.4 Å². The smallest absolute Gasteiger partial charge is 0.258 e. The molecule has 8 nitrogen and oxygen atoms in total. The number of methoxy groups -OCH3 is 1. The first-order valence-corrected chi connectivity index (χ1v) is 11.5. The molecule has 1 aliphatic heterocycles. The first-order valence-electron chi connectivity index (χ1n) is 10.7. The number of hydrazine groups is 1. The van der Waals surface area contributed by atoms with Gasteiger partial charge in [0.25, 0.3) is 5.91 Å². The van der Waals surface area contributed by atoms with E-state index in [1.165, 1.54) is 6.21 Å². The third-order valence-electron chi connectivity index (χ3n) is 5.41. The lowest BCUT2D eigenvalue weighted by molar-refractivity contribution is -0.122. The minimum atomic E-state index is -0.474. The molecule has 1 heterocycles. The van der Waals surface area contributed by atoms with Gasteiger partial charge in [0.2, 0.25) is 0 Å². The van der Waals surface area contributed by atoms with Gasteiger partial charge in [0, 0.05) is 16.1 Å². The quantitative estimate of drug-likeness (QED) is 0.264. The van der Waals surface area contributed by atoms with Crippen molar-refractivity contribution < 1.29 is 19.4 Å². The summed E-state index contributed by atoms with van der Waals surface area (Å²) >= 11 is 3.34. The molecule has 1 fully saturated rings. The number of hydrazone groups is 1. The number of benzene rings is 3. The molecule has 4 N–H and O–H groups in total. The molecule has 1 aliphatic rings. The standard InChI is InChI=1S/C25H25BrN4O4/c1-33-24-12-17(7-10-23(24)34-15-16-5-3-2-4-6-16)20-13-21(29-28-20)25(32)30-27-14-18-11-19(26)8-9-22(18)31/h2-12,14,20-21,28-29,31H,13,15H2,1H3,(H,30,32)/b27-14+. The van der Waals surface area contributed by atoms with Crippen LogP contribution >= 0.6 is 15.9 Å². The molecule has 0 aliphatic carbocycles. The van der Waals surface area contributed by atoms with Gasteiger partial charge in [0.15, 0.2) is 11.5 Å². The molecule has 34 heavy (non-hydrogen) atoms. The summed E-state index contributed by atoms with van der Waals surface area (Å²) in [5, 5.41) is 13.8. The zero-order chi connectivity index (χ0) is 23.9. The number of carbonyl (C=O) groups excluding carboxylic acids is 1. The molecule has 0 spiro atoms. The van der Waals surface area contributed by atoms with Crippen molar-refractivity contribution in [2.45, 2.75) is 25.1 Å². The Bertz CT molecular complexity index is 1170. The number of hydrogen-bond acceptors (Lipinski definition) is 7. The van der Waals surface area contributed by atoms with E-state index in [9.17, 15) is 9.90 Å². The van der Waals surface area contributed by atoms with E-state index < -0.39 is 6.04 Å². The highest BCUT2D eigenvalue weighted by Gasteiger charge is 2.30. The normalized spacial score (nSPS) is 17.6. The van der Waals surface area contributed by atoms with Gasteiger partial charge in [-0.05, 0) is 47.9 Å². The van der Waals surface area contributed by atoms with Crippen LogP contribution in [0.1, 0.15) is 29.2 Å². The van der Waals surface area contributed by atoms with Gasteiger partial charge in [-0.2, -0.15) is 5.10 Å². The zero-order valence-corrected chi connectivity index (χ0v) is 20.1. The number of aromatic hydroxyl groups is 1. The molecule has 3 aromatic rings. The van der Waals surface area contributed by atoms with Crippen LogP contribution in [0.25, 0.3) is 0 Å². The molecule has 1 amide bonds. The summed E-state index contributed by atoms with van der Waals surface area (Å²) < 4.78 is 12.3. The van der Waals surface area contributed by atoms with Crippen molar-refractivity contribution in [1.29, 1.82) is 0 Å². The number of rotatable bonds is 8. The predicted molar refractivity (Wildman–Crippen MR) is 133 cm³/mol. The van der Waals surface area contributed by atoms with Crippen LogP contribution in [-0.2, 0) is 11.4 Å². The second-order valence-corrected chi connectivity index (χ2v) is 8.67. The van der Waals surface area contributed by atoms with E-state index in [-0.39, 0.29) is 17.7 Å². The van der Waals surface area contributed by atoms with E-state index in [1.807, 2.05) is 48.5 Å². The van der Waals surface area contributed by atoms with Crippen LogP contribution in [0, 0.1) is 0 Å². The number of phenolic OH excluding ortho intramolecular Hbond substituents is 1. The van der Waals surface area contributed by atoms with E-state index in [2.05, 4.69) is 37.3 Å². The van der Waals surface area contributed by atoms with Gasteiger partial charge in [0.1, 0.15) is 18.4 Å². The van der Waals surface area contributed by atoms with Crippen molar-refractivity contribution in [3.63, 3.8) is 0 Å². The fraction of sp³-hybridized carbons (Fsp3) is 0.200. The third kappa shape index (κ3) is 5.93.